The van der Waals surface area contributed by atoms with Crippen LogP contribution in [0.5, 0.6) is 0 Å². The molecular weight excluding hydrogens is 405 g/mol. The fourth-order valence-electron chi connectivity index (χ4n) is 6.35. The van der Waals surface area contributed by atoms with Gasteiger partial charge in [0.2, 0.25) is 5.91 Å². The van der Waals surface area contributed by atoms with Gasteiger partial charge in [-0.3, -0.25) is 26.1 Å². The third kappa shape index (κ3) is 7.37. The van der Waals surface area contributed by atoms with Gasteiger partial charge in [-0.1, -0.05) is 26.2 Å². The van der Waals surface area contributed by atoms with E-state index in [9.17, 15) is 9.18 Å². The van der Waals surface area contributed by atoms with Gasteiger partial charge in [0.05, 0.1) is 6.17 Å². The summed E-state index contributed by atoms with van der Waals surface area (Å²) >= 11 is 0. The second kappa shape index (κ2) is 12.1. The van der Waals surface area contributed by atoms with Crippen LogP contribution in [-0.4, -0.2) is 49.7 Å². The fourth-order valence-corrected chi connectivity index (χ4v) is 6.35. The lowest BCUT2D eigenvalue weighted by atomic mass is 9.84. The molecule has 7 heteroatoms. The Morgan fingerprint density at radius 3 is 2.44 bits per heavy atom. The van der Waals surface area contributed by atoms with Crippen molar-refractivity contribution in [3.05, 3.63) is 0 Å². The van der Waals surface area contributed by atoms with Crippen LogP contribution in [0, 0.1) is 17.8 Å². The Bertz CT molecular complexity index is 585. The highest BCUT2D eigenvalue weighted by atomic mass is 19.1. The van der Waals surface area contributed by atoms with E-state index in [1.165, 1.54) is 25.7 Å². The van der Waals surface area contributed by atoms with Crippen LogP contribution in [0.25, 0.3) is 0 Å². The summed E-state index contributed by atoms with van der Waals surface area (Å²) in [5, 5.41) is 18.1. The standard InChI is InChI=1S/C25H46FN5O/c1-17-4-2-6-21(14-17)30-25-27-13-12-23(31-25)29-22-7-3-5-19(15-22)24(32)28-16-18-8-10-20(26)11-9-18/h17-23,25,27,29-31H,2-16H2,1H3,(H,28,32). The van der Waals surface area contributed by atoms with E-state index < -0.39 is 6.17 Å². The van der Waals surface area contributed by atoms with E-state index in [0.717, 1.165) is 64.0 Å². The zero-order valence-electron chi connectivity index (χ0n) is 20.0. The Labute approximate surface area is 194 Å². The van der Waals surface area contributed by atoms with E-state index in [1.54, 1.807) is 0 Å². The number of rotatable bonds is 7. The molecule has 5 N–H and O–H groups in total. The van der Waals surface area contributed by atoms with Crippen molar-refractivity contribution in [3.8, 4) is 0 Å². The molecule has 6 atom stereocenters. The first-order valence-corrected chi connectivity index (χ1v) is 13.5. The van der Waals surface area contributed by atoms with Crippen LogP contribution in [0.1, 0.15) is 90.4 Å². The van der Waals surface area contributed by atoms with Crippen molar-refractivity contribution in [3.63, 3.8) is 0 Å². The highest BCUT2D eigenvalue weighted by Crippen LogP contribution is 2.28. The summed E-state index contributed by atoms with van der Waals surface area (Å²) < 4.78 is 13.3. The lowest BCUT2D eigenvalue weighted by molar-refractivity contribution is -0.126. The molecule has 0 spiro atoms. The molecule has 0 bridgehead atoms. The molecule has 6 nitrogen and oxygen atoms in total. The number of hydrogen-bond donors (Lipinski definition) is 5. The summed E-state index contributed by atoms with van der Waals surface area (Å²) in [6.45, 7) is 4.09. The van der Waals surface area contributed by atoms with E-state index in [-0.39, 0.29) is 24.3 Å². The predicted octanol–water partition coefficient (Wildman–Crippen LogP) is 3.14. The van der Waals surface area contributed by atoms with Crippen molar-refractivity contribution in [1.82, 2.24) is 26.6 Å². The lowest BCUT2D eigenvalue weighted by Gasteiger charge is -2.40. The number of halogens is 1. The van der Waals surface area contributed by atoms with Crippen molar-refractivity contribution in [2.24, 2.45) is 17.8 Å². The maximum Gasteiger partial charge on any atom is 0.223 e. The molecule has 32 heavy (non-hydrogen) atoms. The van der Waals surface area contributed by atoms with Gasteiger partial charge in [0.25, 0.3) is 0 Å². The van der Waals surface area contributed by atoms with E-state index in [2.05, 4.69) is 33.5 Å². The Morgan fingerprint density at radius 1 is 0.906 bits per heavy atom. The Morgan fingerprint density at radius 2 is 1.66 bits per heavy atom. The van der Waals surface area contributed by atoms with Crippen LogP contribution in [0.4, 0.5) is 4.39 Å². The Hall–Kier alpha value is -0.760. The van der Waals surface area contributed by atoms with Crippen molar-refractivity contribution < 1.29 is 9.18 Å². The molecule has 4 rings (SSSR count). The van der Waals surface area contributed by atoms with Crippen LogP contribution in [0.3, 0.4) is 0 Å². The molecule has 0 aromatic heterocycles. The normalized spacial score (nSPS) is 41.2. The highest BCUT2D eigenvalue weighted by molar-refractivity contribution is 5.78. The highest BCUT2D eigenvalue weighted by Gasteiger charge is 2.31. The second-order valence-corrected chi connectivity index (χ2v) is 11.1. The summed E-state index contributed by atoms with van der Waals surface area (Å²) in [5.41, 5.74) is 0. The number of carbonyl (C=O) groups excluding carboxylic acids is 1. The SMILES string of the molecule is CC1CCCC(NC2NCCC(NC3CCCC(C(=O)NCC4CCC(F)CC4)C3)N2)C1. The molecule has 1 heterocycles. The van der Waals surface area contributed by atoms with Crippen LogP contribution < -0.4 is 26.6 Å². The monoisotopic (exact) mass is 451 g/mol. The average molecular weight is 452 g/mol. The van der Waals surface area contributed by atoms with Gasteiger partial charge in [-0.05, 0) is 76.0 Å². The van der Waals surface area contributed by atoms with E-state index >= 15 is 0 Å². The van der Waals surface area contributed by atoms with E-state index in [1.807, 2.05) is 0 Å². The molecule has 4 aliphatic rings. The fraction of sp³-hybridized carbons (Fsp3) is 0.960. The lowest BCUT2D eigenvalue weighted by Crippen LogP contribution is -2.66. The largest absolute Gasteiger partial charge is 0.356 e. The van der Waals surface area contributed by atoms with Crippen molar-refractivity contribution in [2.75, 3.05) is 13.1 Å². The van der Waals surface area contributed by atoms with Gasteiger partial charge >= 0.3 is 0 Å². The van der Waals surface area contributed by atoms with Gasteiger partial charge in [0, 0.05) is 31.1 Å². The van der Waals surface area contributed by atoms with Crippen LogP contribution >= 0.6 is 0 Å². The molecule has 4 fully saturated rings. The molecule has 0 aromatic rings. The molecule has 0 aromatic carbocycles. The Balaban J connectivity index is 1.17. The first-order chi connectivity index (χ1) is 15.5. The molecule has 3 aliphatic carbocycles. The smallest absolute Gasteiger partial charge is 0.223 e. The minimum absolute atomic E-state index is 0.109. The van der Waals surface area contributed by atoms with Crippen LogP contribution in [0.2, 0.25) is 0 Å². The number of hydrogen-bond acceptors (Lipinski definition) is 5. The summed E-state index contributed by atoms with van der Waals surface area (Å²) in [7, 11) is 0. The zero-order chi connectivity index (χ0) is 22.3. The first-order valence-electron chi connectivity index (χ1n) is 13.5. The third-order valence-electron chi connectivity index (χ3n) is 8.31. The van der Waals surface area contributed by atoms with E-state index in [0.29, 0.717) is 30.8 Å². The molecule has 3 saturated carbocycles. The molecule has 0 radical (unpaired) electrons. The average Bonchev–Trinajstić information content (AvgIpc) is 2.79. The maximum absolute atomic E-state index is 13.3. The van der Waals surface area contributed by atoms with Gasteiger partial charge in [-0.2, -0.15) is 0 Å². The molecule has 1 amide bonds. The number of carbonyl (C=O) groups is 1. The van der Waals surface area contributed by atoms with Crippen LogP contribution in [0.15, 0.2) is 0 Å². The van der Waals surface area contributed by atoms with Gasteiger partial charge in [0.1, 0.15) is 12.5 Å². The predicted molar refractivity (Wildman–Crippen MR) is 127 cm³/mol. The molecule has 6 unspecified atom stereocenters. The molecular formula is C25H46FN5O. The topological polar surface area (TPSA) is 77.2 Å². The second-order valence-electron chi connectivity index (χ2n) is 11.1. The van der Waals surface area contributed by atoms with E-state index in [4.69, 9.17) is 0 Å². The van der Waals surface area contributed by atoms with Gasteiger partial charge in [-0.15, -0.1) is 0 Å². The summed E-state index contributed by atoms with van der Waals surface area (Å²) in [5.74, 6) is 1.60. The minimum atomic E-state index is -0.628. The summed E-state index contributed by atoms with van der Waals surface area (Å²) in [6, 6.07) is 0.998. The van der Waals surface area contributed by atoms with Crippen molar-refractivity contribution in [2.45, 2.75) is 121 Å². The summed E-state index contributed by atoms with van der Waals surface area (Å²) in [4.78, 5) is 12.8. The molecule has 184 valence electrons. The summed E-state index contributed by atoms with van der Waals surface area (Å²) in [6.07, 6.45) is 13.4. The Kier molecular flexibility index (Phi) is 9.21. The zero-order valence-corrected chi connectivity index (χ0v) is 20.0. The van der Waals surface area contributed by atoms with Crippen molar-refractivity contribution >= 4 is 5.91 Å². The number of nitrogens with one attached hydrogen (secondary N) is 5. The quantitative estimate of drug-likeness (QED) is 0.411. The first kappa shape index (κ1) is 24.4. The maximum atomic E-state index is 13.3. The van der Waals surface area contributed by atoms with Crippen molar-refractivity contribution in [1.29, 1.82) is 0 Å². The molecule has 1 aliphatic heterocycles. The van der Waals surface area contributed by atoms with Gasteiger partial charge in [0.15, 0.2) is 0 Å². The third-order valence-corrected chi connectivity index (χ3v) is 8.31. The number of amides is 1. The minimum Gasteiger partial charge on any atom is -0.356 e. The molecule has 1 saturated heterocycles. The number of alkyl halides is 1. The van der Waals surface area contributed by atoms with Crippen LogP contribution in [-0.2, 0) is 4.79 Å². The van der Waals surface area contributed by atoms with Gasteiger partial charge in [-0.25, -0.2) is 4.39 Å². The van der Waals surface area contributed by atoms with Gasteiger partial charge < -0.3 is 5.32 Å².